The van der Waals surface area contributed by atoms with E-state index in [0.29, 0.717) is 28.3 Å². The third-order valence-electron chi connectivity index (χ3n) is 6.10. The summed E-state index contributed by atoms with van der Waals surface area (Å²) in [6.45, 7) is 2.84. The number of hydrogen-bond acceptors (Lipinski definition) is 5. The number of azo groups is 1. The molecule has 4 aromatic carbocycles. The minimum absolute atomic E-state index is 0. The molecule has 0 aliphatic heterocycles. The summed E-state index contributed by atoms with van der Waals surface area (Å²) in [6.07, 6.45) is 0. The Balaban J connectivity index is 0.00000190. The highest BCUT2D eigenvalue weighted by Gasteiger charge is 2.25. The minimum Gasteiger partial charge on any atom is -1.00 e. The lowest BCUT2D eigenvalue weighted by atomic mass is 9.96. The molecule has 1 heterocycles. The van der Waals surface area contributed by atoms with Gasteiger partial charge in [-0.1, -0.05) is 36.4 Å². The maximum absolute atomic E-state index is 7.70. The van der Waals surface area contributed by atoms with Crippen LogP contribution in [0.4, 0.5) is 22.7 Å². The van der Waals surface area contributed by atoms with E-state index in [1.807, 2.05) is 54.6 Å². The molecule has 188 valence electrons. The molecule has 0 aliphatic rings. The van der Waals surface area contributed by atoms with Crippen LogP contribution in [0, 0.1) is 5.41 Å². The molecule has 37 heavy (non-hydrogen) atoms. The molecular formula is C28H27Br2N7. The zero-order valence-electron chi connectivity index (χ0n) is 20.1. The van der Waals surface area contributed by atoms with Crippen LogP contribution in [0.5, 0.6) is 0 Å². The highest BCUT2D eigenvalue weighted by atomic mass is 79.9. The molecule has 0 unspecified atom stereocenters. The molecule has 5 rings (SSSR count). The van der Waals surface area contributed by atoms with Crippen LogP contribution in [0.3, 0.4) is 0 Å². The van der Waals surface area contributed by atoms with E-state index in [0.717, 1.165) is 39.5 Å². The maximum atomic E-state index is 7.70. The fourth-order valence-corrected chi connectivity index (χ4v) is 4.50. The van der Waals surface area contributed by atoms with E-state index in [-0.39, 0.29) is 39.8 Å². The van der Waals surface area contributed by atoms with Gasteiger partial charge in [0.15, 0.2) is 0 Å². The SMILES string of the molecule is Br.CC[n+]1c(-c2ccccc2)c2c(N=Nc3cccc(C(=N)N)c3)c(N)ccc2c2ccc(N)cc21.[Br-]. The maximum Gasteiger partial charge on any atom is 0.223 e. The van der Waals surface area contributed by atoms with Crippen molar-refractivity contribution in [2.24, 2.45) is 16.0 Å². The standard InChI is InChI=1S/C28H25N7.2BrH/c1-2-35-24-16-19(29)11-12-21(24)22-13-14-23(30)26(25(22)27(35)17-7-4-3-5-8-17)34-33-20-10-6-9-18(15-20)28(31)32;;/h3-16,29H,2H2,1H3,(H5,30,31,32,33);2*1H. The van der Waals surface area contributed by atoms with Gasteiger partial charge in [-0.15, -0.1) is 22.1 Å². The van der Waals surface area contributed by atoms with Crippen LogP contribution in [0.15, 0.2) is 95.2 Å². The van der Waals surface area contributed by atoms with Crippen LogP contribution in [-0.4, -0.2) is 5.84 Å². The van der Waals surface area contributed by atoms with Crippen molar-refractivity contribution in [1.29, 1.82) is 5.41 Å². The van der Waals surface area contributed by atoms with E-state index in [1.165, 1.54) is 0 Å². The number of nitrogen functional groups attached to an aromatic ring is 3. The first kappa shape index (κ1) is 27.8. The number of rotatable bonds is 5. The topological polar surface area (TPSA) is 131 Å². The van der Waals surface area contributed by atoms with E-state index >= 15 is 0 Å². The Morgan fingerprint density at radius 2 is 1.59 bits per heavy atom. The van der Waals surface area contributed by atoms with Gasteiger partial charge in [0.05, 0.1) is 22.1 Å². The van der Waals surface area contributed by atoms with Gasteiger partial charge in [-0.2, -0.15) is 9.68 Å². The summed E-state index contributed by atoms with van der Waals surface area (Å²) >= 11 is 0. The number of aromatic nitrogens is 1. The first-order valence-corrected chi connectivity index (χ1v) is 11.4. The largest absolute Gasteiger partial charge is 1.00 e. The molecular weight excluding hydrogens is 594 g/mol. The van der Waals surface area contributed by atoms with Crippen molar-refractivity contribution < 1.29 is 21.5 Å². The Hall–Kier alpha value is -3.82. The second kappa shape index (κ2) is 11.5. The summed E-state index contributed by atoms with van der Waals surface area (Å²) in [5.41, 5.74) is 24.4. The van der Waals surface area contributed by atoms with Crippen molar-refractivity contribution in [3.8, 4) is 11.3 Å². The van der Waals surface area contributed by atoms with E-state index in [1.54, 1.807) is 18.2 Å². The lowest BCUT2D eigenvalue weighted by molar-refractivity contribution is -0.655. The second-order valence-electron chi connectivity index (χ2n) is 8.33. The van der Waals surface area contributed by atoms with Crippen LogP contribution in [0.1, 0.15) is 12.5 Å². The Kier molecular flexibility index (Phi) is 8.62. The monoisotopic (exact) mass is 619 g/mol. The van der Waals surface area contributed by atoms with Crippen molar-refractivity contribution in [2.75, 3.05) is 11.5 Å². The second-order valence-corrected chi connectivity index (χ2v) is 8.33. The number of nitrogens with zero attached hydrogens (tertiary/aromatic N) is 3. The van der Waals surface area contributed by atoms with E-state index < -0.39 is 0 Å². The average molecular weight is 621 g/mol. The molecule has 7 nitrogen and oxygen atoms in total. The zero-order chi connectivity index (χ0) is 24.5. The lowest BCUT2D eigenvalue weighted by Gasteiger charge is -2.14. The molecule has 0 saturated carbocycles. The van der Waals surface area contributed by atoms with Gasteiger partial charge in [0, 0.05) is 28.3 Å². The summed E-state index contributed by atoms with van der Waals surface area (Å²) in [7, 11) is 0. The highest BCUT2D eigenvalue weighted by Crippen LogP contribution is 2.41. The van der Waals surface area contributed by atoms with Gasteiger partial charge in [-0.25, -0.2) is 0 Å². The molecule has 0 fully saturated rings. The summed E-state index contributed by atoms with van der Waals surface area (Å²) in [5.74, 6) is -0.0205. The van der Waals surface area contributed by atoms with Gasteiger partial charge >= 0.3 is 0 Å². The number of halogens is 2. The summed E-state index contributed by atoms with van der Waals surface area (Å²) < 4.78 is 2.25. The summed E-state index contributed by atoms with van der Waals surface area (Å²) in [5, 5.41) is 19.8. The molecule has 0 amide bonds. The van der Waals surface area contributed by atoms with Crippen LogP contribution in [0.25, 0.3) is 32.9 Å². The number of fused-ring (bicyclic) bond motifs is 3. The highest BCUT2D eigenvalue weighted by molar-refractivity contribution is 8.93. The molecule has 0 saturated heterocycles. The lowest BCUT2D eigenvalue weighted by Crippen LogP contribution is -3.00. The molecule has 1 aromatic heterocycles. The van der Waals surface area contributed by atoms with Gasteiger partial charge in [0.25, 0.3) is 0 Å². The van der Waals surface area contributed by atoms with E-state index in [9.17, 15) is 0 Å². The molecule has 7 N–H and O–H groups in total. The van der Waals surface area contributed by atoms with Crippen molar-refractivity contribution in [2.45, 2.75) is 13.5 Å². The molecule has 0 aliphatic carbocycles. The normalized spacial score (nSPS) is 10.8. The molecule has 0 spiro atoms. The number of pyridine rings is 1. The van der Waals surface area contributed by atoms with Crippen molar-refractivity contribution in [1.82, 2.24) is 0 Å². The number of nitrogens with two attached hydrogens (primary N) is 3. The molecule has 0 atom stereocenters. The van der Waals surface area contributed by atoms with Gasteiger partial charge in [0.1, 0.15) is 18.1 Å². The van der Waals surface area contributed by atoms with E-state index in [2.05, 4.69) is 33.9 Å². The Labute approximate surface area is 236 Å². The van der Waals surface area contributed by atoms with Gasteiger partial charge in [0.2, 0.25) is 11.2 Å². The van der Waals surface area contributed by atoms with Gasteiger partial charge < -0.3 is 34.2 Å². The number of benzene rings is 4. The van der Waals surface area contributed by atoms with Gasteiger partial charge in [-0.3, -0.25) is 5.41 Å². The predicted molar refractivity (Wildman–Crippen MR) is 154 cm³/mol. The molecule has 9 heteroatoms. The number of anilines is 2. The fraction of sp³-hybridized carbons (Fsp3) is 0.0714. The number of hydrogen-bond donors (Lipinski definition) is 4. The third-order valence-corrected chi connectivity index (χ3v) is 6.10. The summed E-state index contributed by atoms with van der Waals surface area (Å²) in [6, 6.07) is 27.2. The average Bonchev–Trinajstić information content (AvgIpc) is 2.87. The van der Waals surface area contributed by atoms with Crippen molar-refractivity contribution in [3.05, 3.63) is 90.5 Å². The van der Waals surface area contributed by atoms with Crippen LogP contribution >= 0.6 is 17.0 Å². The number of aryl methyl sites for hydroxylation is 1. The molecule has 0 bridgehead atoms. The van der Waals surface area contributed by atoms with Crippen LogP contribution < -0.4 is 38.7 Å². The molecule has 5 aromatic rings. The van der Waals surface area contributed by atoms with E-state index in [4.69, 9.17) is 22.6 Å². The minimum atomic E-state index is -0.0205. The first-order chi connectivity index (χ1) is 17.0. The van der Waals surface area contributed by atoms with Gasteiger partial charge in [-0.05, 0) is 49.4 Å². The Bertz CT molecular complexity index is 1630. The predicted octanol–water partition coefficient (Wildman–Crippen LogP) is 3.41. The smallest absolute Gasteiger partial charge is 0.223 e. The van der Waals surface area contributed by atoms with Crippen LogP contribution in [0.2, 0.25) is 0 Å². The quantitative estimate of drug-likeness (QED) is 0.0600. The number of nitrogens with one attached hydrogen (secondary N) is 1. The zero-order valence-corrected chi connectivity index (χ0v) is 23.4. The molecule has 0 radical (unpaired) electrons. The fourth-order valence-electron chi connectivity index (χ4n) is 4.50. The van der Waals surface area contributed by atoms with Crippen LogP contribution in [-0.2, 0) is 6.54 Å². The first-order valence-electron chi connectivity index (χ1n) is 11.4. The Morgan fingerprint density at radius 3 is 2.30 bits per heavy atom. The Morgan fingerprint density at radius 1 is 0.865 bits per heavy atom. The van der Waals surface area contributed by atoms with Crippen molar-refractivity contribution in [3.63, 3.8) is 0 Å². The summed E-state index contributed by atoms with van der Waals surface area (Å²) in [4.78, 5) is 0. The third kappa shape index (κ3) is 5.19. The number of amidine groups is 1. The van der Waals surface area contributed by atoms with Crippen molar-refractivity contribution >= 4 is 67.2 Å².